The largest absolute Gasteiger partial charge is 0.338 e. The minimum absolute atomic E-state index is 0.114. The number of carbonyl (C=O) groups excluding carboxylic acids is 1. The molecule has 1 heterocycles. The van der Waals surface area contributed by atoms with Crippen molar-refractivity contribution in [2.75, 3.05) is 19.6 Å². The highest BCUT2D eigenvalue weighted by Gasteiger charge is 2.19. The van der Waals surface area contributed by atoms with Crippen LogP contribution in [0.1, 0.15) is 24.0 Å². The van der Waals surface area contributed by atoms with Gasteiger partial charge in [-0.25, -0.2) is 4.79 Å². The molecule has 0 atom stereocenters. The summed E-state index contributed by atoms with van der Waals surface area (Å²) in [5, 5.41) is 6.58. The SMILES string of the molecule is O=C(NCc1cccc(Cl)c1)NCC1CCN(Cc2ccccc2)CC1. The van der Waals surface area contributed by atoms with Crippen LogP contribution in [0.5, 0.6) is 0 Å². The molecule has 5 heteroatoms. The Morgan fingerprint density at radius 2 is 1.73 bits per heavy atom. The number of hydrogen-bond donors (Lipinski definition) is 2. The fraction of sp³-hybridized carbons (Fsp3) is 0.381. The van der Waals surface area contributed by atoms with Crippen molar-refractivity contribution < 1.29 is 4.79 Å². The summed E-state index contributed by atoms with van der Waals surface area (Å²) in [6.07, 6.45) is 2.25. The molecule has 0 spiro atoms. The van der Waals surface area contributed by atoms with Crippen molar-refractivity contribution in [3.8, 4) is 0 Å². The summed E-state index contributed by atoms with van der Waals surface area (Å²) in [5.41, 5.74) is 2.37. The number of likely N-dealkylation sites (tertiary alicyclic amines) is 1. The van der Waals surface area contributed by atoms with Gasteiger partial charge in [-0.15, -0.1) is 0 Å². The predicted octanol–water partition coefficient (Wildman–Crippen LogP) is 4.05. The van der Waals surface area contributed by atoms with E-state index < -0.39 is 0 Å². The monoisotopic (exact) mass is 371 g/mol. The standard InChI is InChI=1S/C21H26ClN3O/c22-20-8-4-7-19(13-20)15-24-21(26)23-14-17-9-11-25(12-10-17)16-18-5-2-1-3-6-18/h1-8,13,17H,9-12,14-16H2,(H2,23,24,26). The van der Waals surface area contributed by atoms with Gasteiger partial charge in [-0.05, 0) is 55.1 Å². The first kappa shape index (κ1) is 18.7. The topological polar surface area (TPSA) is 44.4 Å². The van der Waals surface area contributed by atoms with Crippen LogP contribution in [0.4, 0.5) is 4.79 Å². The van der Waals surface area contributed by atoms with Gasteiger partial charge in [0.15, 0.2) is 0 Å². The second kappa shape index (κ2) is 9.60. The van der Waals surface area contributed by atoms with Gasteiger partial charge >= 0.3 is 6.03 Å². The van der Waals surface area contributed by atoms with Gasteiger partial charge in [0.2, 0.25) is 0 Å². The van der Waals surface area contributed by atoms with Gasteiger partial charge in [0.25, 0.3) is 0 Å². The second-order valence-corrected chi connectivity index (χ2v) is 7.34. The van der Waals surface area contributed by atoms with Crippen molar-refractivity contribution in [3.63, 3.8) is 0 Å². The number of hydrogen-bond acceptors (Lipinski definition) is 2. The maximum absolute atomic E-state index is 12.0. The van der Waals surface area contributed by atoms with E-state index in [4.69, 9.17) is 11.6 Å². The van der Waals surface area contributed by atoms with Gasteiger partial charge in [0, 0.05) is 24.7 Å². The maximum atomic E-state index is 12.0. The average molecular weight is 372 g/mol. The van der Waals surface area contributed by atoms with E-state index in [1.807, 2.05) is 24.3 Å². The molecule has 2 N–H and O–H groups in total. The van der Waals surface area contributed by atoms with Gasteiger partial charge < -0.3 is 10.6 Å². The number of benzene rings is 2. The zero-order valence-corrected chi connectivity index (χ0v) is 15.7. The van der Waals surface area contributed by atoms with Crippen LogP contribution in [0.25, 0.3) is 0 Å². The van der Waals surface area contributed by atoms with Crippen LogP contribution in [0.15, 0.2) is 54.6 Å². The minimum atomic E-state index is -0.114. The molecule has 4 nitrogen and oxygen atoms in total. The molecular weight excluding hydrogens is 346 g/mol. The van der Waals surface area contributed by atoms with E-state index in [1.54, 1.807) is 0 Å². The number of nitrogens with zero attached hydrogens (tertiary/aromatic N) is 1. The summed E-state index contributed by atoms with van der Waals surface area (Å²) < 4.78 is 0. The molecule has 1 saturated heterocycles. The summed E-state index contributed by atoms with van der Waals surface area (Å²) in [6.45, 7) is 4.42. The van der Waals surface area contributed by atoms with E-state index in [2.05, 4.69) is 45.9 Å². The van der Waals surface area contributed by atoms with Gasteiger partial charge in [-0.3, -0.25) is 4.90 Å². The summed E-state index contributed by atoms with van der Waals surface area (Å²) in [6, 6.07) is 18.0. The minimum Gasteiger partial charge on any atom is -0.338 e. The highest BCUT2D eigenvalue weighted by molar-refractivity contribution is 6.30. The Labute approximate surface area is 160 Å². The molecular formula is C21H26ClN3O. The Morgan fingerprint density at radius 1 is 1.00 bits per heavy atom. The van der Waals surface area contributed by atoms with Crippen LogP contribution in [-0.2, 0) is 13.1 Å². The number of nitrogens with one attached hydrogen (secondary N) is 2. The van der Waals surface area contributed by atoms with E-state index in [1.165, 1.54) is 5.56 Å². The Morgan fingerprint density at radius 3 is 2.46 bits per heavy atom. The molecule has 0 radical (unpaired) electrons. The van der Waals surface area contributed by atoms with Crippen molar-refractivity contribution >= 4 is 17.6 Å². The third-order valence-corrected chi connectivity index (χ3v) is 5.08. The van der Waals surface area contributed by atoms with E-state index in [-0.39, 0.29) is 6.03 Å². The number of halogens is 1. The van der Waals surface area contributed by atoms with E-state index in [0.29, 0.717) is 17.5 Å². The molecule has 138 valence electrons. The Bertz CT molecular complexity index is 699. The predicted molar refractivity (Wildman–Crippen MR) is 106 cm³/mol. The quantitative estimate of drug-likeness (QED) is 0.804. The first-order valence-corrected chi connectivity index (χ1v) is 9.59. The molecule has 2 aromatic carbocycles. The smallest absolute Gasteiger partial charge is 0.315 e. The molecule has 0 saturated carbocycles. The fourth-order valence-electron chi connectivity index (χ4n) is 3.32. The lowest BCUT2D eigenvalue weighted by atomic mass is 9.96. The summed E-state index contributed by atoms with van der Waals surface area (Å²) >= 11 is 5.95. The first-order valence-electron chi connectivity index (χ1n) is 9.21. The molecule has 3 rings (SSSR count). The molecule has 0 aromatic heterocycles. The number of carbonyl (C=O) groups is 1. The van der Waals surface area contributed by atoms with Gasteiger partial charge in [0.05, 0.1) is 0 Å². The second-order valence-electron chi connectivity index (χ2n) is 6.90. The normalized spacial score (nSPS) is 15.6. The van der Waals surface area contributed by atoms with E-state index >= 15 is 0 Å². The number of amides is 2. The number of piperidine rings is 1. The van der Waals surface area contributed by atoms with Gasteiger partial charge in [-0.1, -0.05) is 54.1 Å². The molecule has 26 heavy (non-hydrogen) atoms. The van der Waals surface area contributed by atoms with Crippen LogP contribution in [0, 0.1) is 5.92 Å². The van der Waals surface area contributed by atoms with E-state index in [0.717, 1.165) is 44.6 Å². The lowest BCUT2D eigenvalue weighted by molar-refractivity contribution is 0.175. The average Bonchev–Trinajstić information content (AvgIpc) is 2.67. The molecule has 1 aliphatic rings. The molecule has 0 unspecified atom stereocenters. The maximum Gasteiger partial charge on any atom is 0.315 e. The Kier molecular flexibility index (Phi) is 6.92. The van der Waals surface area contributed by atoms with Crippen LogP contribution >= 0.6 is 11.6 Å². The first-order chi connectivity index (χ1) is 12.7. The molecule has 0 bridgehead atoms. The van der Waals surface area contributed by atoms with Crippen molar-refractivity contribution in [1.29, 1.82) is 0 Å². The third kappa shape index (κ3) is 6.04. The van der Waals surface area contributed by atoms with Crippen molar-refractivity contribution in [2.45, 2.75) is 25.9 Å². The molecule has 2 amide bonds. The number of rotatable bonds is 6. The van der Waals surface area contributed by atoms with Crippen molar-refractivity contribution in [2.24, 2.45) is 5.92 Å². The lowest BCUT2D eigenvalue weighted by Gasteiger charge is -2.32. The highest BCUT2D eigenvalue weighted by Crippen LogP contribution is 2.18. The third-order valence-electron chi connectivity index (χ3n) is 4.85. The molecule has 1 aliphatic heterocycles. The van der Waals surface area contributed by atoms with Crippen LogP contribution in [0.2, 0.25) is 5.02 Å². The molecule has 1 fully saturated rings. The van der Waals surface area contributed by atoms with E-state index in [9.17, 15) is 4.79 Å². The summed E-state index contributed by atoms with van der Waals surface area (Å²) in [4.78, 5) is 14.5. The molecule has 0 aliphatic carbocycles. The number of urea groups is 1. The molecule has 2 aromatic rings. The fourth-order valence-corrected chi connectivity index (χ4v) is 3.53. The zero-order chi connectivity index (χ0) is 18.2. The van der Waals surface area contributed by atoms with Crippen LogP contribution in [-0.4, -0.2) is 30.6 Å². The lowest BCUT2D eigenvalue weighted by Crippen LogP contribution is -2.41. The zero-order valence-electron chi connectivity index (χ0n) is 15.0. The van der Waals surface area contributed by atoms with Gasteiger partial charge in [-0.2, -0.15) is 0 Å². The highest BCUT2D eigenvalue weighted by atomic mass is 35.5. The Balaban J connectivity index is 1.32. The van der Waals surface area contributed by atoms with Crippen LogP contribution < -0.4 is 10.6 Å². The van der Waals surface area contributed by atoms with Crippen molar-refractivity contribution in [1.82, 2.24) is 15.5 Å². The Hall–Kier alpha value is -2.04. The van der Waals surface area contributed by atoms with Gasteiger partial charge in [0.1, 0.15) is 0 Å². The van der Waals surface area contributed by atoms with Crippen molar-refractivity contribution in [3.05, 3.63) is 70.7 Å². The summed E-state index contributed by atoms with van der Waals surface area (Å²) in [7, 11) is 0. The van der Waals surface area contributed by atoms with Crippen LogP contribution in [0.3, 0.4) is 0 Å². The summed E-state index contributed by atoms with van der Waals surface area (Å²) in [5.74, 6) is 0.555.